The summed E-state index contributed by atoms with van der Waals surface area (Å²) in [7, 11) is 3.38. The molecule has 3 rings (SSSR count). The van der Waals surface area contributed by atoms with Crippen LogP contribution < -0.4 is 0 Å². The maximum absolute atomic E-state index is 14.4. The number of aromatic nitrogens is 1. The molecule has 0 fully saturated rings. The topological polar surface area (TPSA) is 62.5 Å². The van der Waals surface area contributed by atoms with E-state index in [0.717, 1.165) is 27.7 Å². The molecular formula is C23H25AsClFN2O3. The first-order chi connectivity index (χ1) is 14.2. The first kappa shape index (κ1) is 24.7. The molecular weight excluding hydrogens is 482 g/mol. The van der Waals surface area contributed by atoms with E-state index in [2.05, 4.69) is 0 Å². The number of nitrogens with zero attached hydrogens (tertiary/aromatic N) is 2. The average molecular weight is 507 g/mol. The van der Waals surface area contributed by atoms with Crippen molar-refractivity contribution in [3.05, 3.63) is 71.2 Å². The molecule has 0 bridgehead atoms. The Balaban J connectivity index is 0.00000341. The summed E-state index contributed by atoms with van der Waals surface area (Å²) in [5, 5.41) is 10.8. The summed E-state index contributed by atoms with van der Waals surface area (Å²) in [4.78, 5) is 25.5. The van der Waals surface area contributed by atoms with Crippen LogP contribution in [-0.4, -0.2) is 57.4 Å². The number of halogens is 2. The molecule has 0 radical (unpaired) electrons. The molecule has 5 nitrogen and oxygen atoms in total. The number of benzene rings is 2. The SMILES string of the molecule is Cc1c(-c2cccc(C(=O)N(C)C)c2)c2cc(C(=O)O)ccc2n1C/C(F)=C/C[AsH2].Cl. The van der Waals surface area contributed by atoms with Gasteiger partial charge in [-0.05, 0) is 0 Å². The second kappa shape index (κ2) is 10.2. The second-order valence-corrected chi connectivity index (χ2v) is 8.24. The molecule has 164 valence electrons. The van der Waals surface area contributed by atoms with Crippen LogP contribution in [0.5, 0.6) is 0 Å². The molecule has 8 heteroatoms. The Morgan fingerprint density at radius 3 is 2.48 bits per heavy atom. The van der Waals surface area contributed by atoms with E-state index in [1.165, 1.54) is 27.8 Å². The van der Waals surface area contributed by atoms with Crippen molar-refractivity contribution in [1.82, 2.24) is 9.47 Å². The third kappa shape index (κ3) is 5.03. The van der Waals surface area contributed by atoms with Crippen molar-refractivity contribution in [3.63, 3.8) is 0 Å². The second-order valence-electron chi connectivity index (χ2n) is 7.25. The summed E-state index contributed by atoms with van der Waals surface area (Å²) in [5.74, 6) is -1.38. The maximum Gasteiger partial charge on any atom is -0.147 e. The summed E-state index contributed by atoms with van der Waals surface area (Å²) < 4.78 is 16.2. The van der Waals surface area contributed by atoms with Crippen LogP contribution in [0, 0.1) is 6.92 Å². The van der Waals surface area contributed by atoms with Crippen molar-refractivity contribution in [2.24, 2.45) is 0 Å². The first-order valence-electron chi connectivity index (χ1n) is 9.47. The van der Waals surface area contributed by atoms with Crippen LogP contribution in [0.4, 0.5) is 4.39 Å². The summed E-state index contributed by atoms with van der Waals surface area (Å²) in [6.07, 6.45) is 1.56. The first-order valence-corrected chi connectivity index (χ1v) is 11.2. The monoisotopic (exact) mass is 506 g/mol. The fourth-order valence-electron chi connectivity index (χ4n) is 3.59. The normalized spacial score (nSPS) is 11.3. The Labute approximate surface area is 195 Å². The van der Waals surface area contributed by atoms with E-state index in [1.54, 1.807) is 50.5 Å². The van der Waals surface area contributed by atoms with Crippen LogP contribution >= 0.6 is 12.4 Å². The smallest absolute Gasteiger partial charge is 0.147 e. The Hall–Kier alpha value is -2.56. The molecule has 1 atom stereocenters. The number of aromatic carboxylic acids is 1. The Bertz CT molecular complexity index is 1170. The van der Waals surface area contributed by atoms with Gasteiger partial charge in [-0.1, -0.05) is 0 Å². The molecule has 0 aliphatic heterocycles. The number of fused-ring (bicyclic) bond motifs is 1. The van der Waals surface area contributed by atoms with Crippen LogP contribution in [0.25, 0.3) is 22.0 Å². The molecule has 0 saturated carbocycles. The number of carboxylic acid groups (broad SMARTS) is 1. The number of amides is 1. The van der Waals surface area contributed by atoms with Crippen molar-refractivity contribution in [3.8, 4) is 11.1 Å². The summed E-state index contributed by atoms with van der Waals surface area (Å²) >= 11 is 1.43. The number of rotatable bonds is 6. The van der Waals surface area contributed by atoms with Gasteiger partial charge in [0, 0.05) is 14.1 Å². The van der Waals surface area contributed by atoms with Crippen molar-refractivity contribution in [2.75, 3.05) is 14.1 Å². The number of carbonyl (C=O) groups excluding carboxylic acids is 1. The Morgan fingerprint density at radius 2 is 1.87 bits per heavy atom. The number of allylic oxidation sites excluding steroid dienone is 2. The van der Waals surface area contributed by atoms with E-state index in [4.69, 9.17) is 0 Å². The van der Waals surface area contributed by atoms with Gasteiger partial charge < -0.3 is 0 Å². The molecule has 0 aliphatic carbocycles. The molecule has 1 aromatic heterocycles. The Morgan fingerprint density at radius 1 is 1.16 bits per heavy atom. The van der Waals surface area contributed by atoms with Gasteiger partial charge in [0.1, 0.15) is 0 Å². The number of hydrogen-bond donors (Lipinski definition) is 1. The molecule has 3 aromatic rings. The molecule has 2 aromatic carbocycles. The summed E-state index contributed by atoms with van der Waals surface area (Å²) in [6, 6.07) is 12.1. The van der Waals surface area contributed by atoms with Crippen molar-refractivity contribution < 1.29 is 19.1 Å². The van der Waals surface area contributed by atoms with Crippen LogP contribution in [0.3, 0.4) is 0 Å². The van der Waals surface area contributed by atoms with Gasteiger partial charge >= 0.3 is 169 Å². The van der Waals surface area contributed by atoms with Gasteiger partial charge in [0.2, 0.25) is 0 Å². The van der Waals surface area contributed by atoms with E-state index < -0.39 is 5.97 Å². The predicted molar refractivity (Wildman–Crippen MR) is 127 cm³/mol. The number of carbonyl (C=O) groups is 2. The molecule has 0 spiro atoms. The summed E-state index contributed by atoms with van der Waals surface area (Å²) in [5.41, 5.74) is 3.85. The van der Waals surface area contributed by atoms with Crippen LogP contribution in [0.15, 0.2) is 54.4 Å². The zero-order chi connectivity index (χ0) is 22.0. The number of hydrogen-bond acceptors (Lipinski definition) is 2. The molecule has 1 heterocycles. The van der Waals surface area contributed by atoms with E-state index in [1.807, 2.05) is 17.6 Å². The largest absolute Gasteiger partial charge is 0.147 e. The fraction of sp³-hybridized carbons (Fsp3) is 0.217. The van der Waals surface area contributed by atoms with E-state index in [0.29, 0.717) is 10.8 Å². The number of carboxylic acids is 1. The van der Waals surface area contributed by atoms with E-state index >= 15 is 0 Å². The quantitative estimate of drug-likeness (QED) is 0.506. The maximum atomic E-state index is 14.4. The fourth-order valence-corrected chi connectivity index (χ4v) is 4.13. The summed E-state index contributed by atoms with van der Waals surface area (Å²) in [6.45, 7) is 1.97. The molecule has 1 N–H and O–H groups in total. The van der Waals surface area contributed by atoms with Gasteiger partial charge in [0.05, 0.1) is 0 Å². The van der Waals surface area contributed by atoms with Crippen LogP contribution in [0.1, 0.15) is 26.4 Å². The van der Waals surface area contributed by atoms with Gasteiger partial charge in [0.15, 0.2) is 0 Å². The zero-order valence-corrected chi connectivity index (χ0v) is 20.8. The van der Waals surface area contributed by atoms with E-state index in [-0.39, 0.29) is 36.2 Å². The average Bonchev–Trinajstić information content (AvgIpc) is 2.98. The van der Waals surface area contributed by atoms with Crippen LogP contribution in [0.2, 0.25) is 5.21 Å². The third-order valence-corrected chi connectivity index (χ3v) is 5.52. The molecule has 31 heavy (non-hydrogen) atoms. The van der Waals surface area contributed by atoms with Crippen molar-refractivity contribution in [1.29, 1.82) is 0 Å². The molecule has 0 aliphatic rings. The van der Waals surface area contributed by atoms with Crippen molar-refractivity contribution >= 4 is 52.0 Å². The standard InChI is InChI=1S/C23H24AsFN2O3.ClH/c1-14-21(15-5-4-6-16(11-15)22(28)26(2)3)19-12-17(23(29)30)7-8-20(19)27(14)13-18(25)9-10-24;/h4-9,11-12H,10,13,24H2,1-3H3,(H,29,30);1H/b18-9-;. The van der Waals surface area contributed by atoms with Gasteiger partial charge in [0.25, 0.3) is 0 Å². The van der Waals surface area contributed by atoms with Gasteiger partial charge in [-0.2, -0.15) is 0 Å². The van der Waals surface area contributed by atoms with Gasteiger partial charge in [-0.3, -0.25) is 0 Å². The van der Waals surface area contributed by atoms with Crippen LogP contribution in [-0.2, 0) is 6.54 Å². The molecule has 1 amide bonds. The molecule has 1 unspecified atom stereocenters. The minimum Gasteiger partial charge on any atom is -0.147 e. The van der Waals surface area contributed by atoms with E-state index in [9.17, 15) is 19.1 Å². The minimum atomic E-state index is -1.02. The predicted octanol–water partition coefficient (Wildman–Crippen LogP) is 4.34. The minimum absolute atomic E-state index is 0. The zero-order valence-electron chi connectivity index (χ0n) is 17.6. The third-order valence-electron chi connectivity index (χ3n) is 5.02. The molecule has 0 saturated heterocycles. The van der Waals surface area contributed by atoms with Gasteiger partial charge in [-0.25, -0.2) is 0 Å². The Kier molecular flexibility index (Phi) is 8.10. The van der Waals surface area contributed by atoms with Crippen molar-refractivity contribution in [2.45, 2.75) is 18.7 Å². The van der Waals surface area contributed by atoms with Gasteiger partial charge in [-0.15, -0.1) is 12.4 Å².